The van der Waals surface area contributed by atoms with Crippen LogP contribution in [-0.4, -0.2) is 28.6 Å². The Labute approximate surface area is 178 Å². The molecule has 1 aliphatic rings. The lowest BCUT2D eigenvalue weighted by atomic mass is 9.86. The van der Waals surface area contributed by atoms with Crippen LogP contribution in [0.4, 0.5) is 0 Å². The lowest BCUT2D eigenvalue weighted by molar-refractivity contribution is 0.102. The van der Waals surface area contributed by atoms with Gasteiger partial charge in [-0.3, -0.25) is 4.79 Å². The second-order valence-corrected chi connectivity index (χ2v) is 9.28. The first kappa shape index (κ1) is 19.9. The lowest BCUT2D eigenvalue weighted by Crippen LogP contribution is -2.14. The number of nitrogens with zero attached hydrogens (tertiary/aromatic N) is 1. The van der Waals surface area contributed by atoms with Crippen LogP contribution in [0.15, 0.2) is 65.5 Å². The molecule has 148 valence electrons. The summed E-state index contributed by atoms with van der Waals surface area (Å²) in [7, 11) is 3.47. The summed E-state index contributed by atoms with van der Waals surface area (Å²) in [5.41, 5.74) is 4.85. The van der Waals surface area contributed by atoms with Gasteiger partial charge < -0.3 is 9.72 Å². The van der Waals surface area contributed by atoms with Crippen molar-refractivity contribution in [1.29, 1.82) is 0 Å². The van der Waals surface area contributed by atoms with Gasteiger partial charge in [-0.1, -0.05) is 33.7 Å². The summed E-state index contributed by atoms with van der Waals surface area (Å²) in [4.78, 5) is 21.2. The minimum atomic E-state index is 0.123. The highest BCUT2D eigenvalue weighted by Gasteiger charge is 2.22. The van der Waals surface area contributed by atoms with Gasteiger partial charge in [0.15, 0.2) is 5.78 Å². The highest BCUT2D eigenvalue weighted by molar-refractivity contribution is 8.76. The molecular formula is C23H22N2O2S2. The number of aryl methyl sites for hydroxylation is 1. The fourth-order valence-electron chi connectivity index (χ4n) is 3.40. The van der Waals surface area contributed by atoms with Crippen LogP contribution in [0, 0.1) is 0 Å². The summed E-state index contributed by atoms with van der Waals surface area (Å²) >= 11 is 0. The smallest absolute Gasteiger partial charge is 0.189 e. The fraction of sp³-hybridized carbons (Fsp3) is 0.217. The van der Waals surface area contributed by atoms with Gasteiger partial charge in [-0.05, 0) is 66.6 Å². The molecule has 3 aromatic rings. The van der Waals surface area contributed by atoms with Gasteiger partial charge in [-0.2, -0.15) is 0 Å². The molecule has 4 nitrogen and oxygen atoms in total. The molecule has 0 atom stereocenters. The Morgan fingerprint density at radius 2 is 2.03 bits per heavy atom. The second kappa shape index (κ2) is 9.37. The minimum absolute atomic E-state index is 0.123. The molecule has 0 spiro atoms. The molecule has 0 bridgehead atoms. The van der Waals surface area contributed by atoms with Crippen LogP contribution in [0.1, 0.15) is 33.6 Å². The molecule has 0 unspecified atom stereocenters. The Balaban J connectivity index is 1.43. The van der Waals surface area contributed by atoms with E-state index in [-0.39, 0.29) is 5.78 Å². The largest absolute Gasteiger partial charge is 0.493 e. The maximum Gasteiger partial charge on any atom is 0.189 e. The molecule has 6 heteroatoms. The molecule has 1 heterocycles. The van der Waals surface area contributed by atoms with E-state index < -0.39 is 0 Å². The van der Waals surface area contributed by atoms with E-state index in [4.69, 9.17) is 4.74 Å². The second-order valence-electron chi connectivity index (χ2n) is 6.81. The van der Waals surface area contributed by atoms with E-state index in [9.17, 15) is 4.79 Å². The molecule has 4 rings (SSSR count). The molecule has 0 aliphatic heterocycles. The SMILES string of the molecule is CSSc1ccc(C=C2CCc3cc(OCCc4cnc[nH]4)ccc3C2=O)cc1. The lowest BCUT2D eigenvalue weighted by Gasteiger charge is -2.18. The van der Waals surface area contributed by atoms with Crippen molar-refractivity contribution >= 4 is 33.4 Å². The summed E-state index contributed by atoms with van der Waals surface area (Å²) in [5.74, 6) is 0.934. The van der Waals surface area contributed by atoms with Crippen molar-refractivity contribution in [3.63, 3.8) is 0 Å². The van der Waals surface area contributed by atoms with E-state index in [1.165, 1.54) is 4.90 Å². The number of nitrogens with one attached hydrogen (secondary N) is 1. The van der Waals surface area contributed by atoms with Crippen LogP contribution in [-0.2, 0) is 12.8 Å². The van der Waals surface area contributed by atoms with Crippen LogP contribution in [0.2, 0.25) is 0 Å². The first-order valence-corrected chi connectivity index (χ1v) is 12.1. The number of imidazole rings is 1. The number of Topliss-reactive ketones (excluding diaryl/α,β-unsaturated/α-hetero) is 1. The molecule has 1 N–H and O–H groups in total. The molecule has 29 heavy (non-hydrogen) atoms. The molecule has 0 saturated carbocycles. The summed E-state index contributed by atoms with van der Waals surface area (Å²) in [6.45, 7) is 0.574. The predicted octanol–water partition coefficient (Wildman–Crippen LogP) is 5.61. The maximum atomic E-state index is 12.9. The number of carbonyl (C=O) groups is 1. The summed E-state index contributed by atoms with van der Waals surface area (Å²) in [6, 6.07) is 14.1. The summed E-state index contributed by atoms with van der Waals surface area (Å²) in [5, 5.41) is 0. The van der Waals surface area contributed by atoms with E-state index in [2.05, 4.69) is 40.5 Å². The molecular weight excluding hydrogens is 400 g/mol. The van der Waals surface area contributed by atoms with Crippen molar-refractivity contribution in [3.8, 4) is 5.75 Å². The van der Waals surface area contributed by atoms with Gasteiger partial charge in [-0.25, -0.2) is 4.98 Å². The zero-order valence-corrected chi connectivity index (χ0v) is 17.8. The van der Waals surface area contributed by atoms with E-state index in [1.807, 2.05) is 24.3 Å². The third-order valence-electron chi connectivity index (χ3n) is 4.87. The van der Waals surface area contributed by atoms with Gasteiger partial charge in [0.05, 0.1) is 12.9 Å². The van der Waals surface area contributed by atoms with Crippen LogP contribution in [0.25, 0.3) is 6.08 Å². The van der Waals surface area contributed by atoms with Crippen LogP contribution < -0.4 is 4.74 Å². The third kappa shape index (κ3) is 4.95. The van der Waals surface area contributed by atoms with E-state index in [0.29, 0.717) is 6.61 Å². The highest BCUT2D eigenvalue weighted by Crippen LogP contribution is 2.31. The Morgan fingerprint density at radius 1 is 1.17 bits per heavy atom. The van der Waals surface area contributed by atoms with E-state index >= 15 is 0 Å². The molecule has 2 aromatic carbocycles. The molecule has 0 saturated heterocycles. The van der Waals surface area contributed by atoms with Crippen molar-refractivity contribution in [3.05, 3.63) is 82.9 Å². The number of hydrogen-bond acceptors (Lipinski definition) is 5. The van der Waals surface area contributed by atoms with Gasteiger partial charge >= 0.3 is 0 Å². The number of aromatic amines is 1. The average molecular weight is 423 g/mol. The van der Waals surface area contributed by atoms with Crippen molar-refractivity contribution in [2.75, 3.05) is 12.9 Å². The fourth-order valence-corrected chi connectivity index (χ4v) is 4.75. The molecule has 0 amide bonds. The summed E-state index contributed by atoms with van der Waals surface area (Å²) < 4.78 is 5.86. The first-order valence-electron chi connectivity index (χ1n) is 9.52. The standard InChI is InChI=1S/C23H22N2O2S2/c1-28-29-21-7-2-16(3-8-21)12-18-5-4-17-13-20(6-9-22(17)23(18)26)27-11-10-19-14-24-15-25-19/h2-3,6-9,12-15H,4-5,10-11H2,1H3,(H,24,25). The average Bonchev–Trinajstić information content (AvgIpc) is 3.25. The van der Waals surface area contributed by atoms with Gasteiger partial charge in [0, 0.05) is 34.3 Å². The molecule has 0 radical (unpaired) electrons. The van der Waals surface area contributed by atoms with Crippen LogP contribution >= 0.6 is 21.6 Å². The number of carbonyl (C=O) groups excluding carboxylic acids is 1. The van der Waals surface area contributed by atoms with Gasteiger partial charge in [0.25, 0.3) is 0 Å². The zero-order chi connectivity index (χ0) is 20.1. The number of ketones is 1. The number of ether oxygens (including phenoxy) is 1. The first-order chi connectivity index (χ1) is 14.2. The van der Waals surface area contributed by atoms with Crippen molar-refractivity contribution in [2.45, 2.75) is 24.2 Å². The van der Waals surface area contributed by atoms with Gasteiger partial charge in [0.1, 0.15) is 5.75 Å². The number of hydrogen-bond donors (Lipinski definition) is 1. The number of H-pyrrole nitrogens is 1. The monoisotopic (exact) mass is 422 g/mol. The normalized spacial score (nSPS) is 14.8. The van der Waals surface area contributed by atoms with Gasteiger partial charge in [-0.15, -0.1) is 0 Å². The Morgan fingerprint density at radius 3 is 2.79 bits per heavy atom. The number of rotatable bonds is 7. The molecule has 0 fully saturated rings. The molecule has 1 aliphatic carbocycles. The van der Waals surface area contributed by atoms with Crippen LogP contribution in [0.5, 0.6) is 5.75 Å². The Kier molecular flexibility index (Phi) is 6.42. The highest BCUT2D eigenvalue weighted by atomic mass is 33.1. The van der Waals surface area contributed by atoms with Crippen molar-refractivity contribution in [2.24, 2.45) is 0 Å². The van der Waals surface area contributed by atoms with E-state index in [0.717, 1.165) is 53.0 Å². The van der Waals surface area contributed by atoms with Crippen molar-refractivity contribution in [1.82, 2.24) is 9.97 Å². The van der Waals surface area contributed by atoms with Crippen molar-refractivity contribution < 1.29 is 9.53 Å². The summed E-state index contributed by atoms with van der Waals surface area (Å²) in [6.07, 6.45) is 9.94. The predicted molar refractivity (Wildman–Crippen MR) is 121 cm³/mol. The topological polar surface area (TPSA) is 55.0 Å². The maximum absolute atomic E-state index is 12.9. The Bertz CT molecular complexity index is 1010. The number of allylic oxidation sites excluding steroid dienone is 1. The van der Waals surface area contributed by atoms with Crippen LogP contribution in [0.3, 0.4) is 0 Å². The zero-order valence-electron chi connectivity index (χ0n) is 16.2. The molecule has 1 aromatic heterocycles. The number of benzene rings is 2. The number of fused-ring (bicyclic) bond motifs is 1. The third-order valence-corrected chi connectivity index (χ3v) is 6.58. The minimum Gasteiger partial charge on any atom is -0.493 e. The van der Waals surface area contributed by atoms with Gasteiger partial charge in [0.2, 0.25) is 0 Å². The number of aromatic nitrogens is 2. The quantitative estimate of drug-likeness (QED) is 0.396. The Hall–Kier alpha value is -2.44. The van der Waals surface area contributed by atoms with E-state index in [1.54, 1.807) is 34.1 Å².